The van der Waals surface area contributed by atoms with Gasteiger partial charge in [0.2, 0.25) is 0 Å². The number of nitrogens with zero attached hydrogens (tertiary/aromatic N) is 1. The lowest BCUT2D eigenvalue weighted by Crippen LogP contribution is -2.23. The number of pyridine rings is 1. The second-order valence-electron chi connectivity index (χ2n) is 5.22. The molecule has 1 amide bonds. The van der Waals surface area contributed by atoms with E-state index in [1.807, 2.05) is 5.32 Å². The Morgan fingerprint density at radius 3 is 2.29 bits per heavy atom. The van der Waals surface area contributed by atoms with Crippen LogP contribution in [0.2, 0.25) is 5.02 Å². The number of alkyl halides is 6. The molecule has 2 rings (SSSR count). The molecule has 0 radical (unpaired) electrons. The minimum Gasteiger partial charge on any atom is -0.452 e. The van der Waals surface area contributed by atoms with Crippen molar-refractivity contribution in [1.82, 2.24) is 4.98 Å². The van der Waals surface area contributed by atoms with E-state index in [-0.39, 0.29) is 0 Å². The summed E-state index contributed by atoms with van der Waals surface area (Å²) in [5.74, 6) is -2.91. The standard InChI is InChI=1S/C16H9ClF6N2O3/c17-11-5-8(15(18,19)20)6-24-13(11)25-12(26)7-28-14(27)9-3-1-2-4-10(9)16(21,22)23/h1-6H,7H2,(H,24,25,26). The van der Waals surface area contributed by atoms with Crippen LogP contribution < -0.4 is 5.32 Å². The van der Waals surface area contributed by atoms with Gasteiger partial charge >= 0.3 is 18.3 Å². The van der Waals surface area contributed by atoms with Gasteiger partial charge in [0.1, 0.15) is 0 Å². The normalized spacial score (nSPS) is 11.8. The molecular weight excluding hydrogens is 418 g/mol. The summed E-state index contributed by atoms with van der Waals surface area (Å²) in [6.07, 6.45) is -9.08. The van der Waals surface area contributed by atoms with Crippen molar-refractivity contribution in [2.45, 2.75) is 12.4 Å². The lowest BCUT2D eigenvalue weighted by molar-refractivity contribution is -0.138. The fourth-order valence-corrected chi connectivity index (χ4v) is 2.18. The summed E-state index contributed by atoms with van der Waals surface area (Å²) in [6.45, 7) is -1.01. The first-order valence-electron chi connectivity index (χ1n) is 7.25. The van der Waals surface area contributed by atoms with Gasteiger partial charge in [-0.05, 0) is 18.2 Å². The predicted molar refractivity (Wildman–Crippen MR) is 84.6 cm³/mol. The Hall–Kier alpha value is -2.82. The zero-order valence-electron chi connectivity index (χ0n) is 13.5. The van der Waals surface area contributed by atoms with Crippen molar-refractivity contribution >= 4 is 29.3 Å². The number of halogens is 7. The number of hydrogen-bond donors (Lipinski definition) is 1. The highest BCUT2D eigenvalue weighted by Gasteiger charge is 2.35. The zero-order chi connectivity index (χ0) is 21.1. The third kappa shape index (κ3) is 5.35. The second kappa shape index (κ2) is 8.05. The van der Waals surface area contributed by atoms with Crippen molar-refractivity contribution in [2.24, 2.45) is 0 Å². The fraction of sp³-hybridized carbons (Fsp3) is 0.188. The van der Waals surface area contributed by atoms with Crippen molar-refractivity contribution in [3.8, 4) is 0 Å². The number of esters is 1. The number of nitrogens with one attached hydrogen (secondary N) is 1. The molecule has 0 fully saturated rings. The maximum absolute atomic E-state index is 12.9. The van der Waals surface area contributed by atoms with Gasteiger partial charge in [-0.25, -0.2) is 9.78 Å². The highest BCUT2D eigenvalue weighted by Crippen LogP contribution is 2.33. The van der Waals surface area contributed by atoms with Gasteiger partial charge in [-0.15, -0.1) is 0 Å². The fourth-order valence-electron chi connectivity index (χ4n) is 1.97. The number of aromatic nitrogens is 1. The Morgan fingerprint density at radius 1 is 1.07 bits per heavy atom. The second-order valence-corrected chi connectivity index (χ2v) is 5.63. The van der Waals surface area contributed by atoms with E-state index < -0.39 is 58.4 Å². The smallest absolute Gasteiger partial charge is 0.417 e. The van der Waals surface area contributed by atoms with Crippen LogP contribution in [-0.2, 0) is 21.9 Å². The van der Waals surface area contributed by atoms with Crippen molar-refractivity contribution in [2.75, 3.05) is 11.9 Å². The quantitative estimate of drug-likeness (QED) is 0.574. The average Bonchev–Trinajstić information content (AvgIpc) is 2.59. The van der Waals surface area contributed by atoms with Gasteiger partial charge in [0.15, 0.2) is 12.4 Å². The van der Waals surface area contributed by atoms with E-state index in [1.54, 1.807) is 0 Å². The zero-order valence-corrected chi connectivity index (χ0v) is 14.2. The Labute approximate surface area is 158 Å². The third-order valence-electron chi connectivity index (χ3n) is 3.21. The summed E-state index contributed by atoms with van der Waals surface area (Å²) < 4.78 is 80.7. The molecule has 2 aromatic rings. The molecule has 0 aliphatic heterocycles. The number of amides is 1. The Bertz CT molecular complexity index is 899. The summed E-state index contributed by atoms with van der Waals surface area (Å²) in [7, 11) is 0. The minimum atomic E-state index is -4.81. The Balaban J connectivity index is 2.03. The van der Waals surface area contributed by atoms with Gasteiger partial charge in [-0.1, -0.05) is 23.7 Å². The molecule has 12 heteroatoms. The van der Waals surface area contributed by atoms with Crippen molar-refractivity contribution in [3.63, 3.8) is 0 Å². The van der Waals surface area contributed by atoms with E-state index in [0.29, 0.717) is 18.3 Å². The average molecular weight is 427 g/mol. The van der Waals surface area contributed by atoms with Crippen LogP contribution >= 0.6 is 11.6 Å². The first-order valence-corrected chi connectivity index (χ1v) is 7.63. The number of ether oxygens (including phenoxy) is 1. The molecule has 1 N–H and O–H groups in total. The Kier molecular flexibility index (Phi) is 6.17. The topological polar surface area (TPSA) is 68.3 Å². The van der Waals surface area contributed by atoms with Crippen molar-refractivity contribution in [3.05, 3.63) is 58.2 Å². The van der Waals surface area contributed by atoms with Gasteiger partial charge in [0, 0.05) is 6.20 Å². The largest absolute Gasteiger partial charge is 0.452 e. The molecule has 0 aliphatic carbocycles. The van der Waals surface area contributed by atoms with Crippen LogP contribution in [0, 0.1) is 0 Å². The first-order chi connectivity index (χ1) is 12.9. The predicted octanol–water partition coefficient (Wildman–Crippen LogP) is 4.57. The molecule has 0 bridgehead atoms. The van der Waals surface area contributed by atoms with E-state index >= 15 is 0 Å². The first kappa shape index (κ1) is 21.5. The number of benzene rings is 1. The van der Waals surface area contributed by atoms with Crippen molar-refractivity contribution < 1.29 is 40.7 Å². The van der Waals surface area contributed by atoms with Crippen LogP contribution in [0.1, 0.15) is 21.5 Å². The summed E-state index contributed by atoms with van der Waals surface area (Å²) in [4.78, 5) is 26.9. The van der Waals surface area contributed by atoms with Crippen molar-refractivity contribution in [1.29, 1.82) is 0 Å². The van der Waals surface area contributed by atoms with Gasteiger partial charge in [0.25, 0.3) is 5.91 Å². The molecule has 0 atom stereocenters. The molecule has 0 saturated heterocycles. The molecular formula is C16H9ClF6N2O3. The van der Waals surface area contributed by atoms with Gasteiger partial charge in [0.05, 0.1) is 21.7 Å². The highest BCUT2D eigenvalue weighted by atomic mass is 35.5. The summed E-state index contributed by atoms with van der Waals surface area (Å²) >= 11 is 5.60. The number of anilines is 1. The molecule has 0 spiro atoms. The van der Waals surface area contributed by atoms with E-state index in [2.05, 4.69) is 9.72 Å². The van der Waals surface area contributed by atoms with E-state index in [1.165, 1.54) is 6.07 Å². The molecule has 5 nitrogen and oxygen atoms in total. The summed E-state index contributed by atoms with van der Waals surface area (Å²) in [6, 6.07) is 4.32. The maximum atomic E-state index is 12.9. The van der Waals surface area contributed by atoms with Crippen LogP contribution in [-0.4, -0.2) is 23.5 Å². The van der Waals surface area contributed by atoms with Crippen LogP contribution in [0.5, 0.6) is 0 Å². The highest BCUT2D eigenvalue weighted by molar-refractivity contribution is 6.33. The van der Waals surface area contributed by atoms with Gasteiger partial charge in [-0.2, -0.15) is 26.3 Å². The van der Waals surface area contributed by atoms with E-state index in [0.717, 1.165) is 12.1 Å². The molecule has 1 aromatic heterocycles. The summed E-state index contributed by atoms with van der Waals surface area (Å²) in [5.41, 5.74) is -3.19. The molecule has 0 aliphatic rings. The monoisotopic (exact) mass is 426 g/mol. The van der Waals surface area contributed by atoms with Crippen LogP contribution in [0.3, 0.4) is 0 Å². The molecule has 1 aromatic carbocycles. The molecule has 0 unspecified atom stereocenters. The molecule has 150 valence electrons. The molecule has 28 heavy (non-hydrogen) atoms. The minimum absolute atomic E-state index is 0.424. The van der Waals surface area contributed by atoms with E-state index in [4.69, 9.17) is 11.6 Å². The van der Waals surface area contributed by atoms with Gasteiger partial charge < -0.3 is 10.1 Å². The lowest BCUT2D eigenvalue weighted by atomic mass is 10.1. The molecule has 0 saturated carbocycles. The Morgan fingerprint density at radius 2 is 1.71 bits per heavy atom. The number of hydrogen-bond acceptors (Lipinski definition) is 4. The molecule has 1 heterocycles. The van der Waals surface area contributed by atoms with E-state index in [9.17, 15) is 35.9 Å². The lowest BCUT2D eigenvalue weighted by Gasteiger charge is -2.12. The van der Waals surface area contributed by atoms with Crippen LogP contribution in [0.15, 0.2) is 36.5 Å². The van der Waals surface area contributed by atoms with Gasteiger partial charge in [-0.3, -0.25) is 4.79 Å². The van der Waals surface area contributed by atoms with Crippen LogP contribution in [0.4, 0.5) is 32.2 Å². The number of carbonyl (C=O) groups excluding carboxylic acids is 2. The summed E-state index contributed by atoms with van der Waals surface area (Å²) in [5, 5.41) is 1.46. The third-order valence-corrected chi connectivity index (χ3v) is 3.50. The maximum Gasteiger partial charge on any atom is 0.417 e. The number of carbonyl (C=O) groups is 2. The SMILES string of the molecule is O=C(COC(=O)c1ccccc1C(F)(F)F)Nc1ncc(C(F)(F)F)cc1Cl. The van der Waals surface area contributed by atoms with Crippen LogP contribution in [0.25, 0.3) is 0 Å². The number of rotatable bonds is 4.